The van der Waals surface area contributed by atoms with Gasteiger partial charge in [0.05, 0.1) is 17.6 Å². The summed E-state index contributed by atoms with van der Waals surface area (Å²) in [5.74, 6) is 0.924. The van der Waals surface area contributed by atoms with Gasteiger partial charge < -0.3 is 10.3 Å². The Kier molecular flexibility index (Phi) is 3.29. The molecule has 0 fully saturated rings. The smallest absolute Gasteiger partial charge is 0.329 e. The van der Waals surface area contributed by atoms with Crippen molar-refractivity contribution in [2.75, 3.05) is 4.31 Å². The van der Waals surface area contributed by atoms with Gasteiger partial charge in [-0.25, -0.2) is 14.1 Å². The van der Waals surface area contributed by atoms with Gasteiger partial charge in [0.2, 0.25) is 0 Å². The molecule has 0 saturated heterocycles. The molecule has 0 spiro atoms. The number of benzene rings is 1. The van der Waals surface area contributed by atoms with E-state index in [1.807, 2.05) is 36.7 Å². The van der Waals surface area contributed by atoms with Gasteiger partial charge in [-0.1, -0.05) is 24.9 Å². The highest BCUT2D eigenvalue weighted by molar-refractivity contribution is 7.82. The fourth-order valence-corrected chi connectivity index (χ4v) is 1.82. The third-order valence-corrected chi connectivity index (χ3v) is 3.24. The maximum Gasteiger partial charge on any atom is 0.329 e. The van der Waals surface area contributed by atoms with Crippen molar-refractivity contribution in [3.8, 4) is 11.3 Å². The number of thiol groups is 1. The van der Waals surface area contributed by atoms with Crippen molar-refractivity contribution in [1.29, 1.82) is 0 Å². The molecule has 6 heteroatoms. The summed E-state index contributed by atoms with van der Waals surface area (Å²) in [6, 6.07) is 6.79. The van der Waals surface area contributed by atoms with Crippen LogP contribution in [0.5, 0.6) is 0 Å². The second kappa shape index (κ2) is 4.73. The van der Waals surface area contributed by atoms with Gasteiger partial charge in [0.15, 0.2) is 0 Å². The molecule has 1 aromatic heterocycles. The number of imidazole rings is 1. The van der Waals surface area contributed by atoms with E-state index < -0.39 is 6.03 Å². The van der Waals surface area contributed by atoms with Crippen LogP contribution in [-0.2, 0) is 7.05 Å². The number of hydrogen-bond acceptors (Lipinski definition) is 3. The fourth-order valence-electron chi connectivity index (χ4n) is 1.69. The first-order chi connectivity index (χ1) is 8.50. The molecule has 0 aliphatic rings. The van der Waals surface area contributed by atoms with E-state index in [4.69, 9.17) is 5.73 Å². The second-order valence-electron chi connectivity index (χ2n) is 3.95. The average Bonchev–Trinajstić information content (AvgIpc) is 2.69. The lowest BCUT2D eigenvalue weighted by Gasteiger charge is -2.13. The Bertz CT molecular complexity index is 594. The predicted molar refractivity (Wildman–Crippen MR) is 74.4 cm³/mol. The molecular formula is C12H14N4OS. The van der Waals surface area contributed by atoms with E-state index in [1.165, 1.54) is 0 Å². The van der Waals surface area contributed by atoms with Gasteiger partial charge in [0.1, 0.15) is 5.82 Å². The molecule has 0 radical (unpaired) electrons. The number of nitrogens with zero attached hydrogens (tertiary/aromatic N) is 3. The van der Waals surface area contributed by atoms with Crippen LogP contribution in [-0.4, -0.2) is 15.6 Å². The van der Waals surface area contributed by atoms with Crippen LogP contribution in [0.15, 0.2) is 30.5 Å². The van der Waals surface area contributed by atoms with Crippen LogP contribution in [0.3, 0.4) is 0 Å². The number of nitrogens with two attached hydrogens (primary N) is 1. The zero-order chi connectivity index (χ0) is 13.3. The highest BCUT2D eigenvalue weighted by Crippen LogP contribution is 2.25. The van der Waals surface area contributed by atoms with E-state index >= 15 is 0 Å². The Morgan fingerprint density at radius 3 is 2.78 bits per heavy atom. The highest BCUT2D eigenvalue weighted by atomic mass is 32.1. The number of rotatable bonds is 2. The second-order valence-corrected chi connectivity index (χ2v) is 4.35. The molecule has 2 N–H and O–H groups in total. The van der Waals surface area contributed by atoms with Crippen LogP contribution in [0.25, 0.3) is 11.3 Å². The Balaban J connectivity index is 2.45. The van der Waals surface area contributed by atoms with Crippen LogP contribution in [0.1, 0.15) is 5.82 Å². The maximum absolute atomic E-state index is 11.1. The van der Waals surface area contributed by atoms with Gasteiger partial charge >= 0.3 is 6.03 Å². The fraction of sp³-hybridized carbons (Fsp3) is 0.167. The topological polar surface area (TPSA) is 64.2 Å². The number of primary amides is 1. The normalized spacial score (nSPS) is 10.4. The van der Waals surface area contributed by atoms with Crippen LogP contribution >= 0.6 is 12.8 Å². The number of amides is 2. The standard InChI is InChI=1S/C12H14N4OS/c1-8-14-7-11(15(8)2)9-4-3-5-10(6-9)16(18)12(13)17/h3-7,18H,1-2H3,(H2,13,17). The van der Waals surface area contributed by atoms with Crippen LogP contribution < -0.4 is 10.0 Å². The SMILES string of the molecule is Cc1ncc(-c2cccc(N(S)C(N)=O)c2)n1C. The molecule has 2 amide bonds. The Hall–Kier alpha value is -1.95. The van der Waals surface area contributed by atoms with Gasteiger partial charge in [-0.2, -0.15) is 0 Å². The minimum atomic E-state index is -0.614. The molecule has 0 unspecified atom stereocenters. The molecule has 0 aliphatic heterocycles. The highest BCUT2D eigenvalue weighted by Gasteiger charge is 2.10. The lowest BCUT2D eigenvalue weighted by atomic mass is 10.1. The van der Waals surface area contributed by atoms with Crippen molar-refractivity contribution >= 4 is 24.5 Å². The first-order valence-electron chi connectivity index (χ1n) is 5.38. The van der Waals surface area contributed by atoms with Gasteiger partial charge in [-0.05, 0) is 19.1 Å². The van der Waals surface area contributed by atoms with Crippen molar-refractivity contribution < 1.29 is 4.79 Å². The molecule has 94 valence electrons. The largest absolute Gasteiger partial charge is 0.350 e. The molecule has 2 rings (SSSR count). The minimum absolute atomic E-state index is 0.614. The zero-order valence-corrected chi connectivity index (χ0v) is 11.1. The molecule has 1 heterocycles. The van der Waals surface area contributed by atoms with Crippen molar-refractivity contribution in [2.45, 2.75) is 6.92 Å². The molecule has 0 aliphatic carbocycles. The lowest BCUT2D eigenvalue weighted by Crippen LogP contribution is -2.27. The summed E-state index contributed by atoms with van der Waals surface area (Å²) in [5.41, 5.74) is 7.74. The number of anilines is 1. The Morgan fingerprint density at radius 2 is 2.22 bits per heavy atom. The van der Waals surface area contributed by atoms with Crippen LogP contribution in [0.2, 0.25) is 0 Å². The van der Waals surface area contributed by atoms with Gasteiger partial charge in [0, 0.05) is 12.6 Å². The lowest BCUT2D eigenvalue weighted by molar-refractivity contribution is 0.257. The van der Waals surface area contributed by atoms with Gasteiger partial charge in [-0.15, -0.1) is 0 Å². The number of carbonyl (C=O) groups is 1. The Labute approximate surface area is 111 Å². The summed E-state index contributed by atoms with van der Waals surface area (Å²) in [7, 11) is 1.94. The average molecular weight is 262 g/mol. The first kappa shape index (κ1) is 12.5. The van der Waals surface area contributed by atoms with Crippen LogP contribution in [0.4, 0.5) is 10.5 Å². The number of aromatic nitrogens is 2. The van der Waals surface area contributed by atoms with Crippen molar-refractivity contribution in [1.82, 2.24) is 9.55 Å². The van der Waals surface area contributed by atoms with E-state index in [0.29, 0.717) is 5.69 Å². The van der Waals surface area contributed by atoms with Crippen LogP contribution in [0, 0.1) is 6.92 Å². The van der Waals surface area contributed by atoms with E-state index in [0.717, 1.165) is 21.4 Å². The summed E-state index contributed by atoms with van der Waals surface area (Å²) in [4.78, 5) is 15.3. The number of carbonyl (C=O) groups excluding carboxylic acids is 1. The zero-order valence-electron chi connectivity index (χ0n) is 10.2. The summed E-state index contributed by atoms with van der Waals surface area (Å²) >= 11 is 4.04. The molecule has 5 nitrogen and oxygen atoms in total. The number of aryl methyl sites for hydroxylation is 1. The monoisotopic (exact) mass is 262 g/mol. The molecule has 0 atom stereocenters. The summed E-state index contributed by atoms with van der Waals surface area (Å²) in [6.07, 6.45) is 1.79. The van der Waals surface area contributed by atoms with Crippen molar-refractivity contribution in [3.05, 3.63) is 36.3 Å². The third-order valence-electron chi connectivity index (χ3n) is 2.82. The maximum atomic E-state index is 11.1. The molecule has 1 aromatic carbocycles. The van der Waals surface area contributed by atoms with Gasteiger partial charge in [0.25, 0.3) is 0 Å². The molecular weight excluding hydrogens is 248 g/mol. The molecule has 0 saturated carbocycles. The van der Waals surface area contributed by atoms with Crippen molar-refractivity contribution in [2.24, 2.45) is 12.8 Å². The first-order valence-corrected chi connectivity index (χ1v) is 5.78. The van der Waals surface area contributed by atoms with Gasteiger partial charge in [-0.3, -0.25) is 0 Å². The number of urea groups is 1. The molecule has 18 heavy (non-hydrogen) atoms. The minimum Gasteiger partial charge on any atom is -0.350 e. The van der Waals surface area contributed by atoms with E-state index in [1.54, 1.807) is 12.3 Å². The van der Waals surface area contributed by atoms with E-state index in [2.05, 4.69) is 17.8 Å². The third kappa shape index (κ3) is 2.19. The molecule has 2 aromatic rings. The summed E-state index contributed by atoms with van der Waals surface area (Å²) < 4.78 is 3.08. The predicted octanol–water partition coefficient (Wildman–Crippen LogP) is 2.13. The Morgan fingerprint density at radius 1 is 1.50 bits per heavy atom. The van der Waals surface area contributed by atoms with E-state index in [-0.39, 0.29) is 0 Å². The summed E-state index contributed by atoms with van der Waals surface area (Å²) in [5, 5.41) is 0. The number of hydrogen-bond donors (Lipinski definition) is 2. The molecule has 0 bridgehead atoms. The summed E-state index contributed by atoms with van der Waals surface area (Å²) in [6.45, 7) is 1.93. The quantitative estimate of drug-likeness (QED) is 0.814. The van der Waals surface area contributed by atoms with E-state index in [9.17, 15) is 4.79 Å². The van der Waals surface area contributed by atoms with Crippen molar-refractivity contribution in [3.63, 3.8) is 0 Å².